The number of carbonyl (C=O) groups is 1. The average Bonchev–Trinajstić information content (AvgIpc) is 3.06. The number of hydrogen-bond donors (Lipinski definition) is 1. The molecule has 1 aromatic heterocycles. The van der Waals surface area contributed by atoms with Crippen LogP contribution in [0.1, 0.15) is 17.5 Å². The summed E-state index contributed by atoms with van der Waals surface area (Å²) < 4.78 is 13.7. The molecule has 1 N–H and O–H groups in total. The van der Waals surface area contributed by atoms with Crippen molar-refractivity contribution in [3.05, 3.63) is 76.7 Å². The first-order chi connectivity index (χ1) is 12.6. The van der Waals surface area contributed by atoms with Crippen LogP contribution in [-0.4, -0.2) is 28.9 Å². The highest BCUT2D eigenvalue weighted by Crippen LogP contribution is 2.30. The van der Waals surface area contributed by atoms with Crippen LogP contribution in [0.15, 0.2) is 54.7 Å². The second-order valence-electron chi connectivity index (χ2n) is 6.48. The minimum atomic E-state index is -0.327. The molecule has 3 aromatic rings. The van der Waals surface area contributed by atoms with Crippen molar-refractivity contribution < 1.29 is 9.18 Å². The van der Waals surface area contributed by atoms with Crippen LogP contribution in [0.2, 0.25) is 5.02 Å². The van der Waals surface area contributed by atoms with Crippen LogP contribution in [0.3, 0.4) is 0 Å². The molecule has 132 valence electrons. The molecule has 0 atom stereocenters. The maximum absolute atomic E-state index is 13.7. The number of H-pyrrole nitrogens is 1. The molecule has 4 rings (SSSR count). The molecule has 0 saturated carbocycles. The van der Waals surface area contributed by atoms with Crippen LogP contribution < -0.4 is 0 Å². The lowest BCUT2D eigenvalue weighted by Crippen LogP contribution is -2.35. The van der Waals surface area contributed by atoms with Crippen LogP contribution in [0.25, 0.3) is 16.5 Å². The molecule has 0 aliphatic carbocycles. The fourth-order valence-electron chi connectivity index (χ4n) is 3.42. The molecule has 5 heteroatoms. The third-order valence-corrected chi connectivity index (χ3v) is 5.09. The molecule has 2 heterocycles. The first-order valence-corrected chi connectivity index (χ1v) is 8.97. The zero-order chi connectivity index (χ0) is 18.1. The standard InChI is InChI=1S/C21H18ClFN2O/c22-16-5-6-17-18(13-24-20(17)12-16)14-7-9-25(10-8-14)21(26)11-15-3-1-2-4-19(15)23/h1-7,12-13,24H,8-11H2. The number of nitrogens with zero attached hydrogens (tertiary/aromatic N) is 1. The number of aromatic amines is 1. The summed E-state index contributed by atoms with van der Waals surface area (Å²) >= 11 is 6.04. The lowest BCUT2D eigenvalue weighted by atomic mass is 9.98. The Kier molecular flexibility index (Phi) is 4.51. The van der Waals surface area contributed by atoms with Crippen LogP contribution in [0.4, 0.5) is 4.39 Å². The maximum Gasteiger partial charge on any atom is 0.227 e. The number of nitrogens with one attached hydrogen (secondary N) is 1. The summed E-state index contributed by atoms with van der Waals surface area (Å²) in [7, 11) is 0. The molecule has 3 nitrogen and oxygen atoms in total. The zero-order valence-corrected chi connectivity index (χ0v) is 14.9. The summed E-state index contributed by atoms with van der Waals surface area (Å²) in [6.45, 7) is 1.18. The number of hydrogen-bond acceptors (Lipinski definition) is 1. The van der Waals surface area contributed by atoms with Crippen molar-refractivity contribution in [2.75, 3.05) is 13.1 Å². The number of benzene rings is 2. The lowest BCUT2D eigenvalue weighted by Gasteiger charge is -2.26. The van der Waals surface area contributed by atoms with Gasteiger partial charge in [0.1, 0.15) is 5.82 Å². The van der Waals surface area contributed by atoms with Gasteiger partial charge >= 0.3 is 0 Å². The number of carbonyl (C=O) groups excluding carboxylic acids is 1. The van der Waals surface area contributed by atoms with E-state index in [4.69, 9.17) is 11.6 Å². The van der Waals surface area contributed by atoms with Gasteiger partial charge in [-0.3, -0.25) is 4.79 Å². The SMILES string of the molecule is O=C(Cc1ccccc1F)N1CC=C(c2c[nH]c3cc(Cl)ccc23)CC1. The summed E-state index contributed by atoms with van der Waals surface area (Å²) in [6.07, 6.45) is 4.95. The van der Waals surface area contributed by atoms with E-state index < -0.39 is 0 Å². The topological polar surface area (TPSA) is 36.1 Å². The molecule has 0 radical (unpaired) electrons. The Labute approximate surface area is 156 Å². The van der Waals surface area contributed by atoms with E-state index in [-0.39, 0.29) is 18.1 Å². The van der Waals surface area contributed by atoms with Gasteiger partial charge in [0, 0.05) is 40.8 Å². The number of amides is 1. The van der Waals surface area contributed by atoms with Crippen molar-refractivity contribution in [2.45, 2.75) is 12.8 Å². The van der Waals surface area contributed by atoms with Crippen molar-refractivity contribution in [1.82, 2.24) is 9.88 Å². The van der Waals surface area contributed by atoms with Gasteiger partial charge < -0.3 is 9.88 Å². The monoisotopic (exact) mass is 368 g/mol. The van der Waals surface area contributed by atoms with E-state index in [1.54, 1.807) is 23.1 Å². The smallest absolute Gasteiger partial charge is 0.227 e. The summed E-state index contributed by atoms with van der Waals surface area (Å²) in [4.78, 5) is 17.5. The molecular formula is C21H18ClFN2O. The van der Waals surface area contributed by atoms with Crippen LogP contribution in [-0.2, 0) is 11.2 Å². The summed E-state index contributed by atoms with van der Waals surface area (Å²) in [5.74, 6) is -0.373. The molecule has 0 unspecified atom stereocenters. The highest BCUT2D eigenvalue weighted by Gasteiger charge is 2.20. The van der Waals surface area contributed by atoms with Gasteiger partial charge in [0.25, 0.3) is 0 Å². The highest BCUT2D eigenvalue weighted by molar-refractivity contribution is 6.31. The normalized spacial score (nSPS) is 14.5. The van der Waals surface area contributed by atoms with Gasteiger partial charge in [-0.05, 0) is 35.8 Å². The largest absolute Gasteiger partial charge is 0.361 e. The Bertz CT molecular complexity index is 1010. The second kappa shape index (κ2) is 6.96. The van der Waals surface area contributed by atoms with E-state index in [0.717, 1.165) is 22.9 Å². The third kappa shape index (κ3) is 3.25. The Balaban J connectivity index is 1.49. The number of rotatable bonds is 3. The van der Waals surface area contributed by atoms with Gasteiger partial charge in [0.05, 0.1) is 6.42 Å². The minimum absolute atomic E-state index is 0.0453. The van der Waals surface area contributed by atoms with Crippen LogP contribution in [0.5, 0.6) is 0 Å². The molecule has 2 aromatic carbocycles. The molecule has 0 bridgehead atoms. The molecule has 26 heavy (non-hydrogen) atoms. The predicted octanol–water partition coefficient (Wildman–Crippen LogP) is 4.82. The first kappa shape index (κ1) is 16.9. The van der Waals surface area contributed by atoms with Crippen molar-refractivity contribution in [1.29, 1.82) is 0 Å². The van der Waals surface area contributed by atoms with Crippen LogP contribution in [0, 0.1) is 5.82 Å². The van der Waals surface area contributed by atoms with E-state index in [9.17, 15) is 9.18 Å². The summed E-state index contributed by atoms with van der Waals surface area (Å²) in [5, 5.41) is 1.83. The van der Waals surface area contributed by atoms with Gasteiger partial charge in [-0.1, -0.05) is 41.9 Å². The Morgan fingerprint density at radius 2 is 2.08 bits per heavy atom. The molecule has 1 aliphatic heterocycles. The number of fused-ring (bicyclic) bond motifs is 1. The van der Waals surface area contributed by atoms with Gasteiger partial charge in [-0.25, -0.2) is 4.39 Å². The maximum atomic E-state index is 13.7. The summed E-state index contributed by atoms with van der Waals surface area (Å²) in [6, 6.07) is 12.2. The Morgan fingerprint density at radius 1 is 1.23 bits per heavy atom. The van der Waals surface area contributed by atoms with Crippen molar-refractivity contribution in [2.24, 2.45) is 0 Å². The molecule has 0 saturated heterocycles. The average molecular weight is 369 g/mol. The van der Waals surface area contributed by atoms with E-state index in [1.807, 2.05) is 24.4 Å². The molecule has 1 amide bonds. The molecule has 1 aliphatic rings. The highest BCUT2D eigenvalue weighted by atomic mass is 35.5. The van der Waals surface area contributed by atoms with Gasteiger partial charge in [0.15, 0.2) is 0 Å². The van der Waals surface area contributed by atoms with E-state index >= 15 is 0 Å². The van der Waals surface area contributed by atoms with Gasteiger partial charge in [-0.2, -0.15) is 0 Å². The van der Waals surface area contributed by atoms with E-state index in [1.165, 1.54) is 11.6 Å². The Morgan fingerprint density at radius 3 is 2.85 bits per heavy atom. The second-order valence-corrected chi connectivity index (χ2v) is 6.92. The molecule has 0 fully saturated rings. The number of aromatic nitrogens is 1. The summed E-state index contributed by atoms with van der Waals surface area (Å²) in [5.41, 5.74) is 3.82. The first-order valence-electron chi connectivity index (χ1n) is 8.59. The molecule has 0 spiro atoms. The fraction of sp³-hybridized carbons (Fsp3) is 0.190. The molecular weight excluding hydrogens is 351 g/mol. The number of halogens is 2. The van der Waals surface area contributed by atoms with Gasteiger partial charge in [0.2, 0.25) is 5.91 Å². The van der Waals surface area contributed by atoms with Crippen molar-refractivity contribution >= 4 is 34.0 Å². The van der Waals surface area contributed by atoms with Crippen molar-refractivity contribution in [3.63, 3.8) is 0 Å². The van der Waals surface area contributed by atoms with E-state index in [2.05, 4.69) is 11.1 Å². The quantitative estimate of drug-likeness (QED) is 0.707. The third-order valence-electron chi connectivity index (χ3n) is 4.85. The fourth-order valence-corrected chi connectivity index (χ4v) is 3.59. The van der Waals surface area contributed by atoms with Crippen molar-refractivity contribution in [3.8, 4) is 0 Å². The lowest BCUT2D eigenvalue weighted by molar-refractivity contribution is -0.130. The predicted molar refractivity (Wildman–Crippen MR) is 103 cm³/mol. The Hall–Kier alpha value is -2.59. The zero-order valence-electron chi connectivity index (χ0n) is 14.1. The van der Waals surface area contributed by atoms with Crippen LogP contribution >= 0.6 is 11.6 Å². The minimum Gasteiger partial charge on any atom is -0.361 e. The van der Waals surface area contributed by atoms with Gasteiger partial charge in [-0.15, -0.1) is 0 Å². The van der Waals surface area contributed by atoms with E-state index in [0.29, 0.717) is 23.7 Å².